The van der Waals surface area contributed by atoms with E-state index in [1.54, 1.807) is 37.4 Å². The maximum atomic E-state index is 12.8. The van der Waals surface area contributed by atoms with Gasteiger partial charge in [-0.2, -0.15) is 4.31 Å². The Bertz CT molecular complexity index is 866. The molecule has 0 fully saturated rings. The van der Waals surface area contributed by atoms with Crippen molar-refractivity contribution < 1.29 is 27.4 Å². The number of methoxy groups -OCH3 is 1. The summed E-state index contributed by atoms with van der Waals surface area (Å²) >= 11 is 0. The minimum atomic E-state index is -3.65. The van der Waals surface area contributed by atoms with Crippen LogP contribution in [0.5, 0.6) is 23.0 Å². The summed E-state index contributed by atoms with van der Waals surface area (Å²) in [5.74, 6) is 2.40. The highest BCUT2D eigenvalue weighted by Gasteiger charge is 2.23. The van der Waals surface area contributed by atoms with Crippen molar-refractivity contribution >= 4 is 10.0 Å². The Hall–Kier alpha value is -2.45. The number of nitrogens with zero attached hydrogens (tertiary/aromatic N) is 1. The molecule has 0 aromatic heterocycles. The number of rotatable bonds is 7. The summed E-state index contributed by atoms with van der Waals surface area (Å²) in [6.45, 7) is 1.50. The number of hydrogen-bond donors (Lipinski definition) is 0. The van der Waals surface area contributed by atoms with E-state index in [1.807, 2.05) is 0 Å². The van der Waals surface area contributed by atoms with Gasteiger partial charge in [0, 0.05) is 26.1 Å². The van der Waals surface area contributed by atoms with Crippen LogP contribution >= 0.6 is 0 Å². The fraction of sp³-hybridized carbons (Fsp3) is 0.368. The van der Waals surface area contributed by atoms with Crippen molar-refractivity contribution in [2.24, 2.45) is 0 Å². The third kappa shape index (κ3) is 4.64. The van der Waals surface area contributed by atoms with Gasteiger partial charge in [0.1, 0.15) is 18.1 Å². The Morgan fingerprint density at radius 1 is 1.00 bits per heavy atom. The Morgan fingerprint density at radius 3 is 2.37 bits per heavy atom. The predicted molar refractivity (Wildman–Crippen MR) is 100 cm³/mol. The van der Waals surface area contributed by atoms with Gasteiger partial charge in [-0.15, -0.1) is 0 Å². The molecule has 3 rings (SSSR count). The second-order valence-corrected chi connectivity index (χ2v) is 8.05. The molecule has 2 aromatic carbocycles. The van der Waals surface area contributed by atoms with Crippen molar-refractivity contribution in [2.45, 2.75) is 11.3 Å². The van der Waals surface area contributed by atoms with E-state index in [1.165, 1.54) is 23.5 Å². The van der Waals surface area contributed by atoms with E-state index in [-0.39, 0.29) is 18.0 Å². The van der Waals surface area contributed by atoms with Gasteiger partial charge in [-0.3, -0.25) is 0 Å². The molecule has 8 heteroatoms. The topological polar surface area (TPSA) is 74.3 Å². The summed E-state index contributed by atoms with van der Waals surface area (Å²) in [4.78, 5) is 0.165. The first kappa shape index (κ1) is 19.3. The number of ether oxygens (including phenoxy) is 4. The lowest BCUT2D eigenvalue weighted by molar-refractivity contribution is 0.286. The highest BCUT2D eigenvalue weighted by atomic mass is 32.2. The SMILES string of the molecule is COc1ccc(OCCN(C)S(=O)(=O)c2ccc3c(c2)OCCCO3)cc1. The molecule has 2 aromatic rings. The lowest BCUT2D eigenvalue weighted by Crippen LogP contribution is -2.31. The van der Waals surface area contributed by atoms with Crippen LogP contribution in [0.4, 0.5) is 0 Å². The molecule has 146 valence electrons. The number of fused-ring (bicyclic) bond motifs is 1. The molecule has 0 saturated heterocycles. The molecule has 0 amide bonds. The summed E-state index contributed by atoms with van der Waals surface area (Å²) in [5, 5.41) is 0. The van der Waals surface area contributed by atoms with E-state index >= 15 is 0 Å². The van der Waals surface area contributed by atoms with Crippen molar-refractivity contribution in [3.8, 4) is 23.0 Å². The molecule has 0 radical (unpaired) electrons. The van der Waals surface area contributed by atoms with Crippen LogP contribution in [0.25, 0.3) is 0 Å². The zero-order valence-corrected chi connectivity index (χ0v) is 16.2. The summed E-state index contributed by atoms with van der Waals surface area (Å²) in [7, 11) is -0.536. The average Bonchev–Trinajstić information content (AvgIpc) is 2.93. The minimum absolute atomic E-state index is 0.165. The van der Waals surface area contributed by atoms with Crippen LogP contribution in [0.1, 0.15) is 6.42 Å². The summed E-state index contributed by atoms with van der Waals surface area (Å²) < 4.78 is 48.7. The molecular weight excluding hydrogens is 370 g/mol. The molecule has 0 spiro atoms. The molecular formula is C19H23NO6S. The highest BCUT2D eigenvalue weighted by Crippen LogP contribution is 2.32. The Labute approximate surface area is 159 Å². The lowest BCUT2D eigenvalue weighted by Gasteiger charge is -2.18. The first-order chi connectivity index (χ1) is 13.0. The second kappa shape index (κ2) is 8.49. The lowest BCUT2D eigenvalue weighted by atomic mass is 10.3. The molecule has 1 aliphatic rings. The molecule has 0 atom stereocenters. The zero-order chi connectivity index (χ0) is 19.3. The minimum Gasteiger partial charge on any atom is -0.497 e. The average molecular weight is 393 g/mol. The van der Waals surface area contributed by atoms with Gasteiger partial charge in [-0.25, -0.2) is 8.42 Å². The van der Waals surface area contributed by atoms with Crippen LogP contribution in [0.2, 0.25) is 0 Å². The first-order valence-electron chi connectivity index (χ1n) is 8.63. The third-order valence-electron chi connectivity index (χ3n) is 4.16. The Kier molecular flexibility index (Phi) is 6.08. The van der Waals surface area contributed by atoms with E-state index in [9.17, 15) is 8.42 Å². The van der Waals surface area contributed by atoms with Crippen LogP contribution < -0.4 is 18.9 Å². The van der Waals surface area contributed by atoms with Gasteiger partial charge in [0.2, 0.25) is 10.0 Å². The van der Waals surface area contributed by atoms with Crippen molar-refractivity contribution in [2.75, 3.05) is 40.5 Å². The molecule has 7 nitrogen and oxygen atoms in total. The van der Waals surface area contributed by atoms with E-state index in [4.69, 9.17) is 18.9 Å². The molecule has 0 saturated carbocycles. The van der Waals surface area contributed by atoms with Crippen molar-refractivity contribution in [1.29, 1.82) is 0 Å². The number of sulfonamides is 1. The Balaban J connectivity index is 1.62. The van der Waals surface area contributed by atoms with Gasteiger partial charge in [-0.1, -0.05) is 0 Å². The molecule has 0 unspecified atom stereocenters. The highest BCUT2D eigenvalue weighted by molar-refractivity contribution is 7.89. The van der Waals surface area contributed by atoms with Gasteiger partial charge in [-0.05, 0) is 36.4 Å². The van der Waals surface area contributed by atoms with Crippen molar-refractivity contribution in [3.05, 3.63) is 42.5 Å². The molecule has 1 heterocycles. The summed E-state index contributed by atoms with van der Waals surface area (Å²) in [6, 6.07) is 11.8. The normalized spacial score (nSPS) is 13.9. The number of hydrogen-bond acceptors (Lipinski definition) is 6. The van der Waals surface area contributed by atoms with E-state index < -0.39 is 10.0 Å². The van der Waals surface area contributed by atoms with Gasteiger partial charge >= 0.3 is 0 Å². The standard InChI is InChI=1S/C19H23NO6S/c1-20(10-13-24-16-6-4-15(23-2)5-7-16)27(21,22)17-8-9-18-19(14-17)26-12-3-11-25-18/h4-9,14H,3,10-13H2,1-2H3. The van der Waals surface area contributed by atoms with E-state index in [2.05, 4.69) is 0 Å². The van der Waals surface area contributed by atoms with Crippen molar-refractivity contribution in [3.63, 3.8) is 0 Å². The fourth-order valence-corrected chi connectivity index (χ4v) is 3.74. The molecule has 0 N–H and O–H groups in total. The van der Waals surface area contributed by atoms with E-state index in [0.29, 0.717) is 30.5 Å². The van der Waals surface area contributed by atoms with Gasteiger partial charge in [0.05, 0.1) is 25.2 Å². The van der Waals surface area contributed by atoms with Crippen LogP contribution in [0.15, 0.2) is 47.4 Å². The predicted octanol–water partition coefficient (Wildman–Crippen LogP) is 2.56. The third-order valence-corrected chi connectivity index (χ3v) is 6.01. The smallest absolute Gasteiger partial charge is 0.243 e. The van der Waals surface area contributed by atoms with Gasteiger partial charge in [0.25, 0.3) is 0 Å². The van der Waals surface area contributed by atoms with Crippen LogP contribution in [-0.4, -0.2) is 53.2 Å². The summed E-state index contributed by atoms with van der Waals surface area (Å²) in [5.41, 5.74) is 0. The number of likely N-dealkylation sites (N-methyl/N-ethyl adjacent to an activating group) is 1. The van der Waals surface area contributed by atoms with E-state index in [0.717, 1.165) is 12.2 Å². The summed E-state index contributed by atoms with van der Waals surface area (Å²) in [6.07, 6.45) is 0.763. The molecule has 0 aliphatic carbocycles. The number of benzene rings is 2. The van der Waals surface area contributed by atoms with Crippen molar-refractivity contribution in [1.82, 2.24) is 4.31 Å². The second-order valence-electron chi connectivity index (χ2n) is 6.01. The maximum absolute atomic E-state index is 12.8. The molecule has 27 heavy (non-hydrogen) atoms. The fourth-order valence-electron chi connectivity index (χ4n) is 2.57. The van der Waals surface area contributed by atoms with Crippen LogP contribution in [0.3, 0.4) is 0 Å². The zero-order valence-electron chi connectivity index (χ0n) is 15.4. The molecule has 1 aliphatic heterocycles. The Morgan fingerprint density at radius 2 is 1.67 bits per heavy atom. The first-order valence-corrected chi connectivity index (χ1v) is 10.1. The van der Waals surface area contributed by atoms with Crippen LogP contribution in [-0.2, 0) is 10.0 Å². The largest absolute Gasteiger partial charge is 0.497 e. The monoisotopic (exact) mass is 393 g/mol. The van der Waals surface area contributed by atoms with Gasteiger partial charge < -0.3 is 18.9 Å². The maximum Gasteiger partial charge on any atom is 0.243 e. The molecule has 0 bridgehead atoms. The quantitative estimate of drug-likeness (QED) is 0.720. The van der Waals surface area contributed by atoms with Gasteiger partial charge in [0.15, 0.2) is 11.5 Å². The van der Waals surface area contributed by atoms with Crippen LogP contribution in [0, 0.1) is 0 Å².